The van der Waals surface area contributed by atoms with Gasteiger partial charge in [-0.3, -0.25) is 0 Å². The fourth-order valence-corrected chi connectivity index (χ4v) is 0.785. The van der Waals surface area contributed by atoms with Crippen LogP contribution in [0, 0.1) is 0 Å². The molecule has 0 saturated heterocycles. The monoisotopic (exact) mass is 197 g/mol. The van der Waals surface area contributed by atoms with Crippen molar-refractivity contribution in [1.29, 1.82) is 0 Å². The highest BCUT2D eigenvalue weighted by atomic mass is 79.9. The van der Waals surface area contributed by atoms with Gasteiger partial charge in [-0.1, -0.05) is 15.9 Å². The quantitative estimate of drug-likeness (QED) is 0.543. The van der Waals surface area contributed by atoms with E-state index in [1.54, 1.807) is 0 Å². The summed E-state index contributed by atoms with van der Waals surface area (Å²) in [5, 5.41) is 1.13. The highest BCUT2D eigenvalue weighted by molar-refractivity contribution is 9.09. The number of nitrogens with zero attached hydrogens (tertiary/aromatic N) is 1. The number of quaternary nitrogens is 1. The molecule has 0 unspecified atom stereocenters. The molecule has 58 valence electrons. The van der Waals surface area contributed by atoms with E-state index in [9.17, 15) is 0 Å². The average Bonchev–Trinajstić information content (AvgIpc) is 1.59. The predicted molar refractivity (Wildman–Crippen MR) is 46.3 cm³/mol. The number of halogens is 1. The van der Waals surface area contributed by atoms with Gasteiger partial charge in [0.1, 0.15) is 0 Å². The molecule has 0 aromatic carbocycles. The van der Waals surface area contributed by atoms with Crippen LogP contribution in [0.3, 0.4) is 0 Å². The molecule has 2 nitrogen and oxygen atoms in total. The van der Waals surface area contributed by atoms with Gasteiger partial charge in [0.2, 0.25) is 0 Å². The van der Waals surface area contributed by atoms with E-state index in [4.69, 9.17) is 0 Å². The van der Waals surface area contributed by atoms with Gasteiger partial charge in [-0.25, -0.2) is 0 Å². The Bertz CT molecular complexity index is 58.6. The Morgan fingerprint density at radius 2 is 1.67 bits per heavy atom. The van der Waals surface area contributed by atoms with Crippen molar-refractivity contribution in [3.05, 3.63) is 0 Å². The lowest BCUT2D eigenvalue weighted by Gasteiger charge is -2.22. The van der Waals surface area contributed by atoms with Crippen molar-refractivity contribution in [2.75, 3.05) is 33.0 Å². The predicted octanol–water partition coefficient (Wildman–Crippen LogP) is 1.64. The van der Waals surface area contributed by atoms with Gasteiger partial charge < -0.3 is 10.6 Å². The molecule has 0 radical (unpaired) electrons. The maximum absolute atomic E-state index is 3.39. The van der Waals surface area contributed by atoms with E-state index in [-0.39, 0.29) is 6.15 Å². The molecule has 9 heavy (non-hydrogen) atoms. The van der Waals surface area contributed by atoms with E-state index < -0.39 is 0 Å². The summed E-state index contributed by atoms with van der Waals surface area (Å²) in [7, 11) is 6.63. The van der Waals surface area contributed by atoms with Crippen LogP contribution in [-0.2, 0) is 0 Å². The number of alkyl halides is 1. The Kier molecular flexibility index (Phi) is 7.01. The number of hydrogen-bond acceptors (Lipinski definition) is 1. The van der Waals surface area contributed by atoms with Gasteiger partial charge in [0.05, 0.1) is 27.7 Å². The van der Waals surface area contributed by atoms with Gasteiger partial charge in [0.15, 0.2) is 0 Å². The van der Waals surface area contributed by atoms with Gasteiger partial charge >= 0.3 is 0 Å². The summed E-state index contributed by atoms with van der Waals surface area (Å²) in [4.78, 5) is 0. The van der Waals surface area contributed by atoms with Crippen LogP contribution in [0.2, 0.25) is 0 Å². The van der Waals surface area contributed by atoms with Crippen molar-refractivity contribution >= 4 is 15.9 Å². The van der Waals surface area contributed by atoms with E-state index in [1.807, 2.05) is 0 Å². The molecular formula is C6H18BrN2+. The minimum absolute atomic E-state index is 0. The average molecular weight is 198 g/mol. The van der Waals surface area contributed by atoms with E-state index in [0.717, 1.165) is 9.81 Å². The largest absolute Gasteiger partial charge is 0.344 e. The van der Waals surface area contributed by atoms with Crippen molar-refractivity contribution < 1.29 is 4.48 Å². The molecule has 0 amide bonds. The third-order valence-corrected chi connectivity index (χ3v) is 1.52. The van der Waals surface area contributed by atoms with Crippen molar-refractivity contribution in [3.8, 4) is 0 Å². The van der Waals surface area contributed by atoms with Crippen LogP contribution >= 0.6 is 15.9 Å². The highest BCUT2D eigenvalue weighted by Crippen LogP contribution is 1.95. The van der Waals surface area contributed by atoms with E-state index >= 15 is 0 Å². The van der Waals surface area contributed by atoms with Crippen LogP contribution in [0.5, 0.6) is 0 Å². The van der Waals surface area contributed by atoms with Crippen molar-refractivity contribution in [2.24, 2.45) is 0 Å². The maximum atomic E-state index is 3.39. The van der Waals surface area contributed by atoms with E-state index in [1.165, 1.54) is 13.0 Å². The zero-order chi connectivity index (χ0) is 6.62. The summed E-state index contributed by atoms with van der Waals surface area (Å²) in [5.41, 5.74) is 0. The molecule has 0 aromatic rings. The van der Waals surface area contributed by atoms with Gasteiger partial charge in [-0.15, -0.1) is 0 Å². The van der Waals surface area contributed by atoms with Crippen molar-refractivity contribution in [2.45, 2.75) is 6.42 Å². The van der Waals surface area contributed by atoms with Gasteiger partial charge in [0, 0.05) is 11.8 Å². The number of rotatable bonds is 3. The second kappa shape index (κ2) is 5.21. The molecule has 0 rings (SSSR count). The summed E-state index contributed by atoms with van der Waals surface area (Å²) >= 11 is 3.39. The molecule has 0 aliphatic rings. The first-order valence-corrected chi connectivity index (χ1v) is 4.05. The first-order valence-electron chi connectivity index (χ1n) is 2.93. The summed E-state index contributed by atoms with van der Waals surface area (Å²) in [5.74, 6) is 0. The van der Waals surface area contributed by atoms with Crippen LogP contribution in [0.15, 0.2) is 0 Å². The first-order chi connectivity index (χ1) is 3.56. The minimum atomic E-state index is 0. The minimum Gasteiger partial charge on any atom is -0.344 e. The standard InChI is InChI=1S/C6H15BrN.H3N/c1-8(2,3)6-4-5-7;/h4-6H2,1-3H3;1H3/q+1;. The summed E-state index contributed by atoms with van der Waals surface area (Å²) in [6, 6.07) is 0. The Morgan fingerprint density at radius 1 is 1.22 bits per heavy atom. The fourth-order valence-electron chi connectivity index (χ4n) is 0.534. The van der Waals surface area contributed by atoms with Gasteiger partial charge in [-0.2, -0.15) is 0 Å². The van der Waals surface area contributed by atoms with Gasteiger partial charge in [0.25, 0.3) is 0 Å². The summed E-state index contributed by atoms with van der Waals surface area (Å²) in [6.07, 6.45) is 1.27. The first kappa shape index (κ1) is 12.1. The Labute approximate surface area is 66.5 Å². The molecule has 0 aromatic heterocycles. The SMILES string of the molecule is C[N+](C)(C)CCCBr.N. The third-order valence-electron chi connectivity index (χ3n) is 0.963. The lowest BCUT2D eigenvalue weighted by Crippen LogP contribution is -2.35. The third kappa shape index (κ3) is 11.8. The normalized spacial score (nSPS) is 10.7. The Morgan fingerprint density at radius 3 is 1.78 bits per heavy atom. The van der Waals surface area contributed by atoms with Crippen molar-refractivity contribution in [3.63, 3.8) is 0 Å². The smallest absolute Gasteiger partial charge is 0.0788 e. The molecule has 0 aliphatic heterocycles. The summed E-state index contributed by atoms with van der Waals surface area (Å²) < 4.78 is 1.08. The molecule has 0 heterocycles. The van der Waals surface area contributed by atoms with Crippen molar-refractivity contribution in [1.82, 2.24) is 6.15 Å². The zero-order valence-electron chi connectivity index (χ0n) is 6.65. The summed E-state index contributed by atoms with van der Waals surface area (Å²) in [6.45, 7) is 1.26. The molecule has 0 fully saturated rings. The Balaban J connectivity index is 0. The molecule has 3 N–H and O–H groups in total. The second-order valence-corrected chi connectivity index (χ2v) is 3.85. The number of hydrogen-bond donors (Lipinski definition) is 1. The topological polar surface area (TPSA) is 35.0 Å². The van der Waals surface area contributed by atoms with Crippen LogP contribution in [0.25, 0.3) is 0 Å². The molecule has 0 atom stereocenters. The van der Waals surface area contributed by atoms with Crippen LogP contribution in [-0.4, -0.2) is 37.5 Å². The zero-order valence-corrected chi connectivity index (χ0v) is 8.24. The molecule has 0 spiro atoms. The molecular weight excluding hydrogens is 180 g/mol. The lowest BCUT2D eigenvalue weighted by atomic mass is 10.4. The van der Waals surface area contributed by atoms with Crippen LogP contribution in [0.1, 0.15) is 6.42 Å². The second-order valence-electron chi connectivity index (χ2n) is 3.06. The molecule has 0 bridgehead atoms. The molecule has 0 saturated carbocycles. The fraction of sp³-hybridized carbons (Fsp3) is 1.00. The van der Waals surface area contributed by atoms with E-state index in [2.05, 4.69) is 37.1 Å². The Hall–Kier alpha value is 0.400. The van der Waals surface area contributed by atoms with Crippen LogP contribution in [0.4, 0.5) is 0 Å². The van der Waals surface area contributed by atoms with E-state index in [0.29, 0.717) is 0 Å². The maximum Gasteiger partial charge on any atom is 0.0788 e. The molecule has 0 aliphatic carbocycles. The lowest BCUT2D eigenvalue weighted by molar-refractivity contribution is -0.870. The highest BCUT2D eigenvalue weighted by Gasteiger charge is 2.03. The van der Waals surface area contributed by atoms with Crippen LogP contribution < -0.4 is 6.15 Å². The van der Waals surface area contributed by atoms with Gasteiger partial charge in [-0.05, 0) is 0 Å². The molecule has 3 heteroatoms.